The Morgan fingerprint density at radius 3 is 2.30 bits per heavy atom. The summed E-state index contributed by atoms with van der Waals surface area (Å²) in [5, 5.41) is 12.0. The summed E-state index contributed by atoms with van der Waals surface area (Å²) in [5.41, 5.74) is -1.83. The van der Waals surface area contributed by atoms with Gasteiger partial charge >= 0.3 is 12.5 Å². The molecule has 23 heavy (non-hydrogen) atoms. The SMILES string of the molecule is CC(C)(C)OC(=O)NC(C)(CO)c1cccc(OC(F)(F)F)c1. The fourth-order valence-corrected chi connectivity index (χ4v) is 1.77. The lowest BCUT2D eigenvalue weighted by molar-refractivity contribution is -0.274. The summed E-state index contributed by atoms with van der Waals surface area (Å²) in [5.74, 6) is -0.444. The molecule has 5 nitrogen and oxygen atoms in total. The van der Waals surface area contributed by atoms with Gasteiger partial charge in [0.15, 0.2) is 0 Å². The van der Waals surface area contributed by atoms with Crippen molar-refractivity contribution >= 4 is 6.09 Å². The maximum Gasteiger partial charge on any atom is 0.573 e. The first-order valence-electron chi connectivity index (χ1n) is 6.83. The minimum Gasteiger partial charge on any atom is -0.444 e. The Morgan fingerprint density at radius 1 is 1.22 bits per heavy atom. The third kappa shape index (κ3) is 6.35. The number of ether oxygens (including phenoxy) is 2. The van der Waals surface area contributed by atoms with E-state index in [0.717, 1.165) is 12.1 Å². The van der Waals surface area contributed by atoms with Crippen molar-refractivity contribution in [1.82, 2.24) is 5.32 Å². The second kappa shape index (κ2) is 6.66. The van der Waals surface area contributed by atoms with E-state index >= 15 is 0 Å². The fraction of sp³-hybridized carbons (Fsp3) is 0.533. The van der Waals surface area contributed by atoms with Gasteiger partial charge in [-0.2, -0.15) is 0 Å². The van der Waals surface area contributed by atoms with Gasteiger partial charge in [0.05, 0.1) is 12.1 Å². The van der Waals surface area contributed by atoms with E-state index in [1.54, 1.807) is 20.8 Å². The second-order valence-corrected chi connectivity index (χ2v) is 6.19. The van der Waals surface area contributed by atoms with Crippen LogP contribution in [0.4, 0.5) is 18.0 Å². The van der Waals surface area contributed by atoms with Crippen LogP contribution in [0, 0.1) is 0 Å². The molecule has 130 valence electrons. The van der Waals surface area contributed by atoms with E-state index < -0.39 is 36.0 Å². The molecule has 0 radical (unpaired) electrons. The van der Waals surface area contributed by atoms with Crippen LogP contribution in [-0.4, -0.2) is 29.8 Å². The number of halogens is 3. The van der Waals surface area contributed by atoms with Gasteiger partial charge in [-0.3, -0.25) is 0 Å². The Balaban J connectivity index is 2.99. The first kappa shape index (κ1) is 19.1. The molecule has 0 aliphatic rings. The Kier molecular flexibility index (Phi) is 5.52. The zero-order valence-electron chi connectivity index (χ0n) is 13.3. The number of alkyl halides is 3. The van der Waals surface area contributed by atoms with Gasteiger partial charge in [-0.25, -0.2) is 4.79 Å². The predicted molar refractivity (Wildman–Crippen MR) is 76.9 cm³/mol. The largest absolute Gasteiger partial charge is 0.573 e. The third-order valence-corrected chi connectivity index (χ3v) is 2.80. The number of hydrogen-bond acceptors (Lipinski definition) is 4. The van der Waals surface area contributed by atoms with Crippen LogP contribution < -0.4 is 10.1 Å². The molecular weight excluding hydrogens is 315 g/mol. The van der Waals surface area contributed by atoms with Gasteiger partial charge in [-0.15, -0.1) is 13.2 Å². The molecule has 1 amide bonds. The number of aliphatic hydroxyl groups excluding tert-OH is 1. The smallest absolute Gasteiger partial charge is 0.444 e. The van der Waals surface area contributed by atoms with Crippen LogP contribution in [-0.2, 0) is 10.3 Å². The van der Waals surface area contributed by atoms with Crippen molar-refractivity contribution in [3.8, 4) is 5.75 Å². The molecule has 1 aromatic carbocycles. The van der Waals surface area contributed by atoms with Crippen LogP contribution in [0.5, 0.6) is 5.75 Å². The Labute approximate surface area is 132 Å². The Hall–Kier alpha value is -1.96. The zero-order valence-corrected chi connectivity index (χ0v) is 13.3. The number of aliphatic hydroxyl groups is 1. The first-order valence-corrected chi connectivity index (χ1v) is 6.83. The number of carbonyl (C=O) groups excluding carboxylic acids is 1. The zero-order chi connectivity index (χ0) is 17.9. The Morgan fingerprint density at radius 2 is 1.83 bits per heavy atom. The monoisotopic (exact) mass is 335 g/mol. The highest BCUT2D eigenvalue weighted by Gasteiger charge is 2.33. The average molecular weight is 335 g/mol. The van der Waals surface area contributed by atoms with E-state index in [0.29, 0.717) is 0 Å². The number of carbonyl (C=O) groups is 1. The maximum atomic E-state index is 12.3. The molecule has 0 fully saturated rings. The quantitative estimate of drug-likeness (QED) is 0.886. The van der Waals surface area contributed by atoms with E-state index in [9.17, 15) is 23.1 Å². The topological polar surface area (TPSA) is 67.8 Å². The summed E-state index contributed by atoms with van der Waals surface area (Å²) in [6.07, 6.45) is -5.62. The number of alkyl carbamates (subject to hydrolysis) is 1. The van der Waals surface area contributed by atoms with Crippen LogP contribution in [0.25, 0.3) is 0 Å². The first-order chi connectivity index (χ1) is 10.3. The van der Waals surface area contributed by atoms with Crippen molar-refractivity contribution in [2.75, 3.05) is 6.61 Å². The number of rotatable bonds is 4. The molecule has 1 atom stereocenters. The average Bonchev–Trinajstić information content (AvgIpc) is 2.34. The Bertz CT molecular complexity index is 554. The summed E-state index contributed by atoms with van der Waals surface area (Å²) in [6.45, 7) is 5.92. The molecule has 0 saturated carbocycles. The lowest BCUT2D eigenvalue weighted by Crippen LogP contribution is -2.48. The van der Waals surface area contributed by atoms with E-state index in [1.165, 1.54) is 19.1 Å². The van der Waals surface area contributed by atoms with Gasteiger partial charge in [0.25, 0.3) is 0 Å². The molecule has 1 aromatic rings. The van der Waals surface area contributed by atoms with Gasteiger partial charge in [-0.05, 0) is 45.4 Å². The molecule has 1 unspecified atom stereocenters. The van der Waals surface area contributed by atoms with Crippen LogP contribution >= 0.6 is 0 Å². The number of benzene rings is 1. The molecule has 0 bridgehead atoms. The van der Waals surface area contributed by atoms with Crippen LogP contribution in [0.2, 0.25) is 0 Å². The predicted octanol–water partition coefficient (Wildman–Crippen LogP) is 3.32. The van der Waals surface area contributed by atoms with Crippen molar-refractivity contribution in [3.63, 3.8) is 0 Å². The number of hydrogen-bond donors (Lipinski definition) is 2. The van der Waals surface area contributed by atoms with Gasteiger partial charge in [0.1, 0.15) is 11.4 Å². The second-order valence-electron chi connectivity index (χ2n) is 6.19. The van der Waals surface area contributed by atoms with Crippen molar-refractivity contribution in [3.05, 3.63) is 29.8 Å². The molecular formula is C15H20F3NO4. The minimum atomic E-state index is -4.83. The van der Waals surface area contributed by atoms with Crippen LogP contribution in [0.1, 0.15) is 33.3 Å². The van der Waals surface area contributed by atoms with Crippen LogP contribution in [0.3, 0.4) is 0 Å². The molecule has 8 heteroatoms. The molecule has 0 aliphatic carbocycles. The minimum absolute atomic E-state index is 0.243. The van der Waals surface area contributed by atoms with Crippen molar-refractivity contribution in [2.45, 2.75) is 45.2 Å². The molecule has 2 N–H and O–H groups in total. The molecule has 0 saturated heterocycles. The maximum absolute atomic E-state index is 12.3. The standard InChI is InChI=1S/C15H20F3NO4/c1-13(2,3)23-12(21)19-14(4,9-20)10-6-5-7-11(8-10)22-15(16,17)18/h5-8,20H,9H2,1-4H3,(H,19,21). The molecule has 0 heterocycles. The fourth-order valence-electron chi connectivity index (χ4n) is 1.77. The lowest BCUT2D eigenvalue weighted by atomic mass is 9.93. The van der Waals surface area contributed by atoms with Gasteiger partial charge < -0.3 is 19.9 Å². The van der Waals surface area contributed by atoms with Crippen molar-refractivity contribution < 1.29 is 32.5 Å². The molecule has 1 rings (SSSR count). The summed E-state index contributed by atoms with van der Waals surface area (Å²) < 4.78 is 45.8. The lowest BCUT2D eigenvalue weighted by Gasteiger charge is -2.31. The van der Waals surface area contributed by atoms with Gasteiger partial charge in [0, 0.05) is 0 Å². The molecule has 0 aromatic heterocycles. The van der Waals surface area contributed by atoms with Crippen molar-refractivity contribution in [2.24, 2.45) is 0 Å². The third-order valence-electron chi connectivity index (χ3n) is 2.80. The van der Waals surface area contributed by atoms with Crippen molar-refractivity contribution in [1.29, 1.82) is 0 Å². The summed E-state index contributed by atoms with van der Waals surface area (Å²) in [4.78, 5) is 11.9. The van der Waals surface area contributed by atoms with E-state index in [2.05, 4.69) is 10.1 Å². The van der Waals surface area contributed by atoms with Gasteiger partial charge in [0.2, 0.25) is 0 Å². The molecule has 0 spiro atoms. The van der Waals surface area contributed by atoms with E-state index in [4.69, 9.17) is 4.74 Å². The van der Waals surface area contributed by atoms with Gasteiger partial charge in [-0.1, -0.05) is 12.1 Å². The summed E-state index contributed by atoms with van der Waals surface area (Å²) in [7, 11) is 0. The normalized spacial score (nSPS) is 14.8. The highest BCUT2D eigenvalue weighted by molar-refractivity contribution is 5.69. The molecule has 0 aliphatic heterocycles. The number of amides is 1. The number of nitrogens with one attached hydrogen (secondary N) is 1. The highest BCUT2D eigenvalue weighted by Crippen LogP contribution is 2.28. The van der Waals surface area contributed by atoms with E-state index in [1.807, 2.05) is 0 Å². The van der Waals surface area contributed by atoms with Crippen LogP contribution in [0.15, 0.2) is 24.3 Å². The van der Waals surface area contributed by atoms with E-state index in [-0.39, 0.29) is 5.56 Å². The highest BCUT2D eigenvalue weighted by atomic mass is 19.4. The summed E-state index contributed by atoms with van der Waals surface area (Å²) >= 11 is 0. The summed E-state index contributed by atoms with van der Waals surface area (Å²) in [6, 6.07) is 5.03.